The van der Waals surface area contributed by atoms with Gasteiger partial charge in [-0.15, -0.1) is 0 Å². The molecule has 11 heteroatoms. The summed E-state index contributed by atoms with van der Waals surface area (Å²) < 4.78 is 39.1. The van der Waals surface area contributed by atoms with E-state index < -0.39 is 28.5 Å². The van der Waals surface area contributed by atoms with Crippen LogP contribution in [-0.4, -0.2) is 58.5 Å². The summed E-state index contributed by atoms with van der Waals surface area (Å²) in [6.07, 6.45) is 0.327. The van der Waals surface area contributed by atoms with Gasteiger partial charge in [0.1, 0.15) is 24.1 Å². The number of carbonyl (C=O) groups excluding carboxylic acids is 2. The zero-order chi connectivity index (χ0) is 29.3. The zero-order valence-electron chi connectivity index (χ0n) is 23.0. The Morgan fingerprint density at radius 3 is 2.17 bits per heavy atom. The molecule has 0 fully saturated rings. The fraction of sp³-hybridized carbons (Fsp3) is 0.310. The van der Waals surface area contributed by atoms with Crippen LogP contribution in [0.2, 0.25) is 5.02 Å². The third-order valence-electron chi connectivity index (χ3n) is 6.28. The first kappa shape index (κ1) is 30.8. The lowest BCUT2D eigenvalue weighted by Crippen LogP contribution is -2.52. The van der Waals surface area contributed by atoms with Gasteiger partial charge in [-0.05, 0) is 61.4 Å². The minimum Gasteiger partial charge on any atom is -0.497 e. The number of likely N-dealkylation sites (N-methyl/N-ethyl adjacent to an activating group) is 1. The van der Waals surface area contributed by atoms with Crippen molar-refractivity contribution >= 4 is 39.1 Å². The molecule has 9 nitrogen and oxygen atoms in total. The third kappa shape index (κ3) is 7.25. The van der Waals surface area contributed by atoms with Crippen molar-refractivity contribution in [2.75, 3.05) is 31.6 Å². The molecule has 40 heavy (non-hydrogen) atoms. The number of nitrogens with zero attached hydrogens (tertiary/aromatic N) is 2. The van der Waals surface area contributed by atoms with Gasteiger partial charge in [0.05, 0.1) is 29.8 Å². The van der Waals surface area contributed by atoms with E-state index in [-0.39, 0.29) is 28.1 Å². The molecular formula is C29H34ClN3O6S. The predicted octanol–water partition coefficient (Wildman–Crippen LogP) is 4.50. The van der Waals surface area contributed by atoms with E-state index in [1.807, 2.05) is 0 Å². The topological polar surface area (TPSA) is 105 Å². The first-order chi connectivity index (χ1) is 19.2. The predicted molar refractivity (Wildman–Crippen MR) is 155 cm³/mol. The van der Waals surface area contributed by atoms with Crippen LogP contribution in [0.3, 0.4) is 0 Å². The summed E-state index contributed by atoms with van der Waals surface area (Å²) >= 11 is 6.35. The highest BCUT2D eigenvalue weighted by molar-refractivity contribution is 7.92. The van der Waals surface area contributed by atoms with Crippen molar-refractivity contribution in [1.82, 2.24) is 10.2 Å². The van der Waals surface area contributed by atoms with Gasteiger partial charge < -0.3 is 19.7 Å². The van der Waals surface area contributed by atoms with E-state index in [1.165, 1.54) is 42.3 Å². The summed E-state index contributed by atoms with van der Waals surface area (Å²) in [5, 5.41) is 2.97. The average Bonchev–Trinajstić information content (AvgIpc) is 2.96. The molecular weight excluding hydrogens is 554 g/mol. The van der Waals surface area contributed by atoms with Gasteiger partial charge in [0.25, 0.3) is 10.0 Å². The van der Waals surface area contributed by atoms with E-state index >= 15 is 0 Å². The molecule has 0 spiro atoms. The molecule has 214 valence electrons. The lowest BCUT2D eigenvalue weighted by atomic mass is 10.1. The molecule has 0 saturated carbocycles. The van der Waals surface area contributed by atoms with E-state index in [1.54, 1.807) is 63.4 Å². The number of hydrogen-bond acceptors (Lipinski definition) is 6. The molecule has 3 aromatic carbocycles. The van der Waals surface area contributed by atoms with Crippen molar-refractivity contribution in [3.63, 3.8) is 0 Å². The van der Waals surface area contributed by atoms with Crippen LogP contribution in [0.15, 0.2) is 77.7 Å². The number of methoxy groups -OCH3 is 2. The van der Waals surface area contributed by atoms with Gasteiger partial charge in [-0.3, -0.25) is 13.9 Å². The molecule has 1 N–H and O–H groups in total. The fourth-order valence-corrected chi connectivity index (χ4v) is 5.88. The van der Waals surface area contributed by atoms with Gasteiger partial charge in [0.15, 0.2) is 0 Å². The number of nitrogens with one attached hydrogen (secondary N) is 1. The summed E-state index contributed by atoms with van der Waals surface area (Å²) in [5.74, 6) is 0.128. The minimum absolute atomic E-state index is 0.00668. The molecule has 0 aliphatic heterocycles. The summed E-state index contributed by atoms with van der Waals surface area (Å²) in [4.78, 5) is 28.4. The fourth-order valence-electron chi connectivity index (χ4n) is 4.20. The molecule has 0 aliphatic carbocycles. The molecule has 1 atom stereocenters. The van der Waals surface area contributed by atoms with Crippen LogP contribution in [0, 0.1) is 0 Å². The number of rotatable bonds is 13. The Kier molecular flexibility index (Phi) is 10.8. The molecule has 3 aromatic rings. The largest absolute Gasteiger partial charge is 0.497 e. The van der Waals surface area contributed by atoms with Crippen molar-refractivity contribution in [2.45, 2.75) is 37.8 Å². The Bertz CT molecular complexity index is 1400. The highest BCUT2D eigenvalue weighted by Crippen LogP contribution is 2.32. The van der Waals surface area contributed by atoms with Crippen LogP contribution >= 0.6 is 11.6 Å². The second-order valence-electron chi connectivity index (χ2n) is 8.83. The standard InChI is InChI=1S/C29H34ClN3O6S/c1-5-26(29(35)31-6-2)32(19-21-12-15-23(38-3)16-13-21)28(34)20-33(22-14-17-27(39-4)25(30)18-22)40(36,37)24-10-8-7-9-11-24/h7-18,26H,5-6,19-20H2,1-4H3,(H,31,35)/t26-/m0/s1. The molecule has 2 amide bonds. The van der Waals surface area contributed by atoms with Gasteiger partial charge >= 0.3 is 0 Å². The number of halogens is 1. The highest BCUT2D eigenvalue weighted by Gasteiger charge is 2.33. The molecule has 0 radical (unpaired) electrons. The Morgan fingerprint density at radius 1 is 0.950 bits per heavy atom. The minimum atomic E-state index is -4.19. The maximum atomic E-state index is 14.0. The quantitative estimate of drug-likeness (QED) is 0.316. The van der Waals surface area contributed by atoms with E-state index in [9.17, 15) is 18.0 Å². The van der Waals surface area contributed by atoms with E-state index in [2.05, 4.69) is 5.32 Å². The average molecular weight is 588 g/mol. The second-order valence-corrected chi connectivity index (χ2v) is 11.1. The first-order valence-electron chi connectivity index (χ1n) is 12.8. The summed E-state index contributed by atoms with van der Waals surface area (Å²) in [5.41, 5.74) is 0.931. The van der Waals surface area contributed by atoms with Crippen LogP contribution in [0.5, 0.6) is 11.5 Å². The number of carbonyl (C=O) groups is 2. The zero-order valence-corrected chi connectivity index (χ0v) is 24.5. The summed E-state index contributed by atoms with van der Waals surface area (Å²) in [6, 6.07) is 18.6. The number of ether oxygens (including phenoxy) is 2. The van der Waals surface area contributed by atoms with Crippen LogP contribution < -0.4 is 19.1 Å². The normalized spacial score (nSPS) is 11.8. The number of sulfonamides is 1. The Balaban J connectivity index is 2.07. The van der Waals surface area contributed by atoms with Gasteiger partial charge in [0, 0.05) is 13.1 Å². The number of benzene rings is 3. The maximum absolute atomic E-state index is 14.0. The monoisotopic (exact) mass is 587 g/mol. The molecule has 0 unspecified atom stereocenters. The smallest absolute Gasteiger partial charge is 0.264 e. The summed E-state index contributed by atoms with van der Waals surface area (Å²) in [7, 11) is -1.19. The molecule has 0 heterocycles. The van der Waals surface area contributed by atoms with E-state index in [4.69, 9.17) is 21.1 Å². The van der Waals surface area contributed by atoms with Crippen LogP contribution in [0.1, 0.15) is 25.8 Å². The van der Waals surface area contributed by atoms with E-state index in [0.717, 1.165) is 9.87 Å². The molecule has 0 aliphatic rings. The lowest BCUT2D eigenvalue weighted by molar-refractivity contribution is -0.140. The lowest BCUT2D eigenvalue weighted by Gasteiger charge is -2.33. The van der Waals surface area contributed by atoms with Crippen molar-refractivity contribution < 1.29 is 27.5 Å². The highest BCUT2D eigenvalue weighted by atomic mass is 35.5. The number of hydrogen-bond donors (Lipinski definition) is 1. The van der Waals surface area contributed by atoms with Crippen LogP contribution in [0.4, 0.5) is 5.69 Å². The number of anilines is 1. The second kappa shape index (κ2) is 14.0. The Morgan fingerprint density at radius 2 is 1.62 bits per heavy atom. The molecule has 3 rings (SSSR count). The number of amides is 2. The van der Waals surface area contributed by atoms with Crippen LogP contribution in [0.25, 0.3) is 0 Å². The molecule has 0 bridgehead atoms. The third-order valence-corrected chi connectivity index (χ3v) is 8.37. The SMILES string of the molecule is CCNC(=O)[C@H](CC)N(Cc1ccc(OC)cc1)C(=O)CN(c1ccc(OC)c(Cl)c1)S(=O)(=O)c1ccccc1. The Labute approximate surface area is 240 Å². The van der Waals surface area contributed by atoms with Gasteiger partial charge in [-0.2, -0.15) is 0 Å². The van der Waals surface area contributed by atoms with Crippen molar-refractivity contribution in [3.05, 3.63) is 83.4 Å². The van der Waals surface area contributed by atoms with E-state index in [0.29, 0.717) is 24.5 Å². The van der Waals surface area contributed by atoms with Crippen LogP contribution in [-0.2, 0) is 26.2 Å². The van der Waals surface area contributed by atoms with Crippen molar-refractivity contribution in [3.8, 4) is 11.5 Å². The molecule has 0 aromatic heterocycles. The molecule has 0 saturated heterocycles. The first-order valence-corrected chi connectivity index (χ1v) is 14.6. The van der Waals surface area contributed by atoms with Gasteiger partial charge in [-0.25, -0.2) is 8.42 Å². The van der Waals surface area contributed by atoms with Crippen molar-refractivity contribution in [2.24, 2.45) is 0 Å². The van der Waals surface area contributed by atoms with Crippen molar-refractivity contribution in [1.29, 1.82) is 0 Å². The van der Waals surface area contributed by atoms with Gasteiger partial charge in [-0.1, -0.05) is 48.9 Å². The Hall–Kier alpha value is -3.76. The van der Waals surface area contributed by atoms with Gasteiger partial charge in [0.2, 0.25) is 11.8 Å². The summed E-state index contributed by atoms with van der Waals surface area (Å²) in [6.45, 7) is 3.50. The maximum Gasteiger partial charge on any atom is 0.264 e.